The fraction of sp³-hybridized carbons (Fsp3) is 0.160. The molecule has 4 aliphatic heterocycles. The van der Waals surface area contributed by atoms with Crippen molar-refractivity contribution in [1.29, 1.82) is 0 Å². The Balaban J connectivity index is 0.935. The van der Waals surface area contributed by atoms with E-state index in [1.165, 1.54) is 0 Å². The van der Waals surface area contributed by atoms with E-state index >= 15 is 14.4 Å². The molecule has 0 spiro atoms. The Morgan fingerprint density at radius 3 is 1.34 bits per heavy atom. The van der Waals surface area contributed by atoms with Crippen molar-refractivity contribution in [3.05, 3.63) is 135 Å². The Morgan fingerprint density at radius 1 is 0.368 bits per heavy atom. The first-order valence-corrected chi connectivity index (χ1v) is 34.4. The Labute approximate surface area is 686 Å². The molecule has 4 heterocycles. The summed E-state index contributed by atoms with van der Waals surface area (Å²) in [7, 11) is 0. The summed E-state index contributed by atoms with van der Waals surface area (Å²) in [6.07, 6.45) is -27.5. The predicted octanol–water partition coefficient (Wildman–Crippen LogP) is 3.03. The summed E-state index contributed by atoms with van der Waals surface area (Å²) in [5, 5.41) is 281. The molecule has 0 unspecified atom stereocenters. The molecule has 26 N–H and O–H groups in total. The standard InChI is InChI=1S/C75H54O50/c76-26-1-17(2-27(77)44(26)88)65(102)111-15-40-53(97)61(118-66(103)18-3-28(78)45(89)29(79)4-18)63-74(115-40)121-67(104)21-9-34(84)48(92)38(10-21)113-59-25(73(110)119-63)14-39(52(96)57(59)101)114-58-24(13-37(87)51(95)56(58)100)72(109)120-64-62(122-123-68(105)19-5-30(80)46(90)31(81)6-19)60-41(116-75(64)125-124-69(106)20-7-32(82)47(91)33(83)8-20)16-112-70(107)22-11-35(85)49(93)54(98)42(22)43-23(71(108)117-60)12-36(86)50(94)55(43)99/h1-14,40-41,53,60-64,74-101H,15-16H2/t40-,41-,53-,60-,61+,62+,63-,64-,74+,75+/m1/s1. The van der Waals surface area contributed by atoms with E-state index in [9.17, 15) is 162 Å². The number of benzene rings is 9. The van der Waals surface area contributed by atoms with E-state index in [4.69, 9.17) is 71.7 Å². The van der Waals surface area contributed by atoms with E-state index in [1.54, 1.807) is 0 Å². The van der Waals surface area contributed by atoms with E-state index in [-0.39, 0.29) is 18.2 Å². The number of phenols is 25. The van der Waals surface area contributed by atoms with Gasteiger partial charge in [-0.15, -0.1) is 4.89 Å². The molecule has 0 aliphatic carbocycles. The van der Waals surface area contributed by atoms with Gasteiger partial charge in [0, 0.05) is 23.3 Å². The van der Waals surface area contributed by atoms with Crippen molar-refractivity contribution in [3.8, 4) is 178 Å². The number of phenolic OH excluding ortho intramolecular Hbond substituents is 25. The fourth-order valence-corrected chi connectivity index (χ4v) is 12.4. The highest BCUT2D eigenvalue weighted by Crippen LogP contribution is 2.57. The largest absolute Gasteiger partial charge is 0.504 e. The highest BCUT2D eigenvalue weighted by Gasteiger charge is 2.57. The molecule has 0 amide bonds. The molecular weight excluding hydrogens is 1700 g/mol. The number of cyclic esters (lactones) is 1. The van der Waals surface area contributed by atoms with Gasteiger partial charge in [-0.1, -0.05) is 0 Å². The lowest BCUT2D eigenvalue weighted by molar-refractivity contribution is -0.421. The molecule has 4 aliphatic rings. The summed E-state index contributed by atoms with van der Waals surface area (Å²) >= 11 is 0. The Kier molecular flexibility index (Phi) is 22.4. The van der Waals surface area contributed by atoms with E-state index in [2.05, 4.69) is 0 Å². The second-order valence-corrected chi connectivity index (χ2v) is 26.5. The lowest BCUT2D eigenvalue weighted by atomic mass is 9.92. The molecule has 0 saturated carbocycles. The molecule has 2 fully saturated rings. The Hall–Kier alpha value is -17.4. The van der Waals surface area contributed by atoms with Crippen LogP contribution in [-0.2, 0) is 62.2 Å². The summed E-state index contributed by atoms with van der Waals surface area (Å²) < 4.78 is 61.9. The average Bonchev–Trinajstić information content (AvgIpc) is 1.71. The van der Waals surface area contributed by atoms with Crippen molar-refractivity contribution < 1.29 is 248 Å². The van der Waals surface area contributed by atoms with Gasteiger partial charge in [0.05, 0.1) is 38.9 Å². The Morgan fingerprint density at radius 2 is 0.808 bits per heavy atom. The lowest BCUT2D eigenvalue weighted by Crippen LogP contribution is -2.62. The van der Waals surface area contributed by atoms with Crippen LogP contribution in [0.25, 0.3) is 11.1 Å². The minimum Gasteiger partial charge on any atom is -0.504 e. The minimum absolute atomic E-state index is 0.0820. The first-order valence-electron chi connectivity index (χ1n) is 34.4. The summed E-state index contributed by atoms with van der Waals surface area (Å²) in [4.78, 5) is 150. The zero-order valence-electron chi connectivity index (χ0n) is 61.2. The van der Waals surface area contributed by atoms with E-state index in [1.807, 2.05) is 0 Å². The first-order chi connectivity index (χ1) is 58.9. The van der Waals surface area contributed by atoms with Crippen molar-refractivity contribution in [1.82, 2.24) is 0 Å². The molecule has 13 rings (SSSR count). The highest BCUT2D eigenvalue weighted by atomic mass is 17.2. The number of ether oxygens (including phenoxy) is 11. The maximum absolute atomic E-state index is 15.5. The summed E-state index contributed by atoms with van der Waals surface area (Å²) in [6.45, 7) is -2.84. The van der Waals surface area contributed by atoms with Crippen molar-refractivity contribution in [2.75, 3.05) is 13.2 Å². The van der Waals surface area contributed by atoms with Gasteiger partial charge in [0.2, 0.25) is 58.9 Å². The van der Waals surface area contributed by atoms with Crippen LogP contribution in [0.2, 0.25) is 0 Å². The van der Waals surface area contributed by atoms with Crippen LogP contribution in [0.4, 0.5) is 0 Å². The second kappa shape index (κ2) is 32.7. The third-order valence-corrected chi connectivity index (χ3v) is 18.6. The third-order valence-electron chi connectivity index (χ3n) is 18.6. The normalized spacial score (nSPS) is 19.6. The maximum atomic E-state index is 15.5. The minimum atomic E-state index is -3.09. The molecule has 2 bridgehead atoms. The van der Waals surface area contributed by atoms with Crippen LogP contribution < -0.4 is 9.47 Å². The number of aliphatic hydroxyl groups excluding tert-OH is 1. The van der Waals surface area contributed by atoms with Crippen molar-refractivity contribution >= 4 is 53.7 Å². The first kappa shape index (κ1) is 85.5. The van der Waals surface area contributed by atoms with Gasteiger partial charge in [-0.3, -0.25) is 9.78 Å². The van der Waals surface area contributed by atoms with Crippen LogP contribution in [0.1, 0.15) is 93.2 Å². The second-order valence-electron chi connectivity index (χ2n) is 26.5. The quantitative estimate of drug-likeness (QED) is 0.0230. The average molecular weight is 1760 g/mol. The van der Waals surface area contributed by atoms with Crippen LogP contribution in [-0.4, -0.2) is 261 Å². The van der Waals surface area contributed by atoms with Crippen LogP contribution in [0.5, 0.6) is 167 Å². The number of aromatic hydroxyl groups is 25. The molecule has 0 radical (unpaired) electrons. The molecule has 10 atom stereocenters. The molecule has 9 aromatic carbocycles. The van der Waals surface area contributed by atoms with Gasteiger partial charge in [0.25, 0.3) is 0 Å². The molecular formula is C75H54O50. The van der Waals surface area contributed by atoms with Crippen LogP contribution in [0.15, 0.2) is 84.9 Å². The Bertz CT molecular complexity index is 5980. The van der Waals surface area contributed by atoms with Crippen molar-refractivity contribution in [3.63, 3.8) is 0 Å². The number of hydrogen-bond donors (Lipinski definition) is 26. The van der Waals surface area contributed by atoms with Crippen LogP contribution >= 0.6 is 0 Å². The molecule has 50 heteroatoms. The van der Waals surface area contributed by atoms with Gasteiger partial charge in [-0.05, 0) is 72.8 Å². The van der Waals surface area contributed by atoms with Gasteiger partial charge >= 0.3 is 53.7 Å². The number of fused-ring (bicyclic) bond motifs is 8. The monoisotopic (exact) mass is 1750 g/mol. The highest BCUT2D eigenvalue weighted by molar-refractivity contribution is 6.09. The summed E-state index contributed by atoms with van der Waals surface area (Å²) in [5.74, 6) is -58.3. The molecule has 9 aromatic rings. The van der Waals surface area contributed by atoms with Crippen LogP contribution in [0, 0.1) is 0 Å². The maximum Gasteiger partial charge on any atom is 0.373 e. The van der Waals surface area contributed by atoms with Gasteiger partial charge in [-0.2, -0.15) is 4.89 Å². The smallest absolute Gasteiger partial charge is 0.373 e. The molecule has 654 valence electrons. The third kappa shape index (κ3) is 15.9. The van der Waals surface area contributed by atoms with Gasteiger partial charge in [0.15, 0.2) is 151 Å². The van der Waals surface area contributed by atoms with Crippen LogP contribution in [0.3, 0.4) is 0 Å². The molecule has 50 nitrogen and oxygen atoms in total. The number of carbonyl (C=O) groups is 9. The van der Waals surface area contributed by atoms with E-state index in [0.29, 0.717) is 66.7 Å². The molecule has 125 heavy (non-hydrogen) atoms. The zero-order valence-corrected chi connectivity index (χ0v) is 61.2. The topological polar surface area (TPSA) is 818 Å². The van der Waals surface area contributed by atoms with E-state index in [0.717, 1.165) is 0 Å². The molecule has 0 aromatic heterocycles. The summed E-state index contributed by atoms with van der Waals surface area (Å²) in [6, 6.07) is 5.51. The fourth-order valence-electron chi connectivity index (χ4n) is 12.4. The summed E-state index contributed by atoms with van der Waals surface area (Å²) in [5.41, 5.74) is -12.6. The predicted molar refractivity (Wildman–Crippen MR) is 382 cm³/mol. The van der Waals surface area contributed by atoms with E-state index < -0.39 is 356 Å². The number of rotatable bonds is 15. The van der Waals surface area contributed by atoms with Gasteiger partial charge in [-0.25, -0.2) is 43.2 Å². The van der Waals surface area contributed by atoms with Crippen molar-refractivity contribution in [2.45, 2.75) is 61.4 Å². The van der Waals surface area contributed by atoms with Crippen molar-refractivity contribution in [2.24, 2.45) is 0 Å². The SMILES string of the molecule is O=C(OC[C@H]1O[C@H]2OC(=O)c3cc(O)c(O)c(c3)Oc3c(cc(Oc4c(C(=O)O[C@H]5[C@H](OOC(=O)c6cc(O)c(O)c(O)c6)O[C@@H]6COC(=O)c7cc(O)c(O)c(O)c7-c7c(cc(O)c(O)c7O)C(=O)O[C@H]6[C@@H]5OOC(=O)c5cc(O)c(O)c(O)c5)cc(O)c(O)c4O)c(O)c3O)C(=O)O[C@@H]2[C@@H](OC(=O)c2cc(O)c(O)c(O)c2)[C@@H]1O)c1cc(O)c(O)c(O)c1. The lowest BCUT2D eigenvalue weighted by Gasteiger charge is -2.42. The van der Waals surface area contributed by atoms with Gasteiger partial charge < -0.3 is 185 Å². The molecule has 2 saturated heterocycles. The number of carbonyl (C=O) groups excluding carboxylic acids is 9. The number of hydrogen-bond acceptors (Lipinski definition) is 50. The zero-order chi connectivity index (χ0) is 91.0. The van der Waals surface area contributed by atoms with Gasteiger partial charge in [0.1, 0.15) is 42.7 Å². The number of aliphatic hydroxyl groups is 1. The number of esters is 7.